The van der Waals surface area contributed by atoms with Gasteiger partial charge in [-0.1, -0.05) is 29.3 Å². The van der Waals surface area contributed by atoms with Gasteiger partial charge in [-0.3, -0.25) is 0 Å². The Hall–Kier alpha value is -1.51. The minimum absolute atomic E-state index is 0.224. The molecule has 102 valence electrons. The fourth-order valence-corrected chi connectivity index (χ4v) is 2.90. The molecule has 3 aromatic rings. The molecule has 1 heterocycles. The van der Waals surface area contributed by atoms with E-state index < -0.39 is 0 Å². The van der Waals surface area contributed by atoms with Crippen molar-refractivity contribution in [1.82, 2.24) is 4.57 Å². The molecular formula is C16H12Cl2FN. The zero-order valence-corrected chi connectivity index (χ0v) is 12.3. The number of benzene rings is 2. The van der Waals surface area contributed by atoms with E-state index in [1.54, 1.807) is 18.2 Å². The summed E-state index contributed by atoms with van der Waals surface area (Å²) in [5.74, 6) is -0.224. The molecule has 0 bridgehead atoms. The van der Waals surface area contributed by atoms with Gasteiger partial charge in [-0.05, 0) is 48.4 Å². The van der Waals surface area contributed by atoms with E-state index in [2.05, 4.69) is 0 Å². The molecule has 0 atom stereocenters. The molecule has 3 rings (SSSR count). The van der Waals surface area contributed by atoms with Gasteiger partial charge in [0.15, 0.2) is 0 Å². The lowest BCUT2D eigenvalue weighted by Crippen LogP contribution is -2.00. The van der Waals surface area contributed by atoms with Gasteiger partial charge in [0.25, 0.3) is 0 Å². The molecule has 0 radical (unpaired) electrons. The van der Waals surface area contributed by atoms with Crippen LogP contribution in [0.2, 0.25) is 10.0 Å². The number of nitrogens with zero attached hydrogens (tertiary/aromatic N) is 1. The summed E-state index contributed by atoms with van der Waals surface area (Å²) in [7, 11) is 0. The van der Waals surface area contributed by atoms with E-state index >= 15 is 0 Å². The van der Waals surface area contributed by atoms with E-state index in [1.807, 2.05) is 29.8 Å². The summed E-state index contributed by atoms with van der Waals surface area (Å²) in [6.45, 7) is 2.56. The van der Waals surface area contributed by atoms with E-state index in [1.165, 1.54) is 6.07 Å². The van der Waals surface area contributed by atoms with Crippen molar-refractivity contribution in [2.45, 2.75) is 13.5 Å². The lowest BCUT2D eigenvalue weighted by Gasteiger charge is -2.09. The van der Waals surface area contributed by atoms with Crippen molar-refractivity contribution in [2.75, 3.05) is 0 Å². The highest BCUT2D eigenvalue weighted by Crippen LogP contribution is 2.29. The smallest absolute Gasteiger partial charge is 0.123 e. The molecule has 0 saturated heterocycles. The highest BCUT2D eigenvalue weighted by molar-refractivity contribution is 6.38. The molecule has 0 aliphatic rings. The summed E-state index contributed by atoms with van der Waals surface area (Å²) < 4.78 is 15.4. The fraction of sp³-hybridized carbons (Fsp3) is 0.125. The van der Waals surface area contributed by atoms with Crippen molar-refractivity contribution in [2.24, 2.45) is 0 Å². The average molecular weight is 308 g/mol. The van der Waals surface area contributed by atoms with Gasteiger partial charge >= 0.3 is 0 Å². The van der Waals surface area contributed by atoms with Crippen LogP contribution >= 0.6 is 23.2 Å². The monoisotopic (exact) mass is 307 g/mol. The average Bonchev–Trinajstić information content (AvgIpc) is 2.77. The Bertz CT molecular complexity index is 793. The molecule has 0 saturated carbocycles. The first-order valence-corrected chi connectivity index (χ1v) is 6.99. The van der Waals surface area contributed by atoms with Crippen LogP contribution in [0.25, 0.3) is 10.9 Å². The number of aromatic nitrogens is 1. The van der Waals surface area contributed by atoms with E-state index in [-0.39, 0.29) is 5.82 Å². The highest BCUT2D eigenvalue weighted by atomic mass is 35.5. The van der Waals surface area contributed by atoms with Crippen LogP contribution in [-0.4, -0.2) is 4.57 Å². The second kappa shape index (κ2) is 5.12. The topological polar surface area (TPSA) is 4.93 Å². The van der Waals surface area contributed by atoms with Gasteiger partial charge < -0.3 is 4.57 Å². The third-order valence-corrected chi connectivity index (χ3v) is 3.99. The predicted octanol–water partition coefficient (Wildman–Crippen LogP) is 5.44. The first-order chi connectivity index (χ1) is 9.54. The van der Waals surface area contributed by atoms with Gasteiger partial charge in [0.2, 0.25) is 0 Å². The minimum atomic E-state index is -0.224. The molecule has 0 aliphatic heterocycles. The van der Waals surface area contributed by atoms with Gasteiger partial charge in [-0.15, -0.1) is 0 Å². The van der Waals surface area contributed by atoms with Gasteiger partial charge in [0.1, 0.15) is 5.82 Å². The van der Waals surface area contributed by atoms with Crippen LogP contribution in [0.15, 0.2) is 42.6 Å². The molecular weight excluding hydrogens is 296 g/mol. The Morgan fingerprint density at radius 1 is 1.10 bits per heavy atom. The maximum Gasteiger partial charge on any atom is 0.123 e. The fourth-order valence-electron chi connectivity index (χ4n) is 2.35. The van der Waals surface area contributed by atoms with Crippen LogP contribution in [0, 0.1) is 12.7 Å². The van der Waals surface area contributed by atoms with Crippen LogP contribution in [0.4, 0.5) is 4.39 Å². The van der Waals surface area contributed by atoms with Crippen LogP contribution in [-0.2, 0) is 6.54 Å². The standard InChI is InChI=1S/C16H12Cl2FN/c1-10-2-3-13(19)6-11(10)9-20-5-4-14-15(18)7-12(17)8-16(14)20/h2-8H,9H2,1H3. The number of aryl methyl sites for hydroxylation is 1. The quantitative estimate of drug-likeness (QED) is 0.594. The van der Waals surface area contributed by atoms with Crippen molar-refractivity contribution in [3.63, 3.8) is 0 Å². The molecule has 1 nitrogen and oxygen atoms in total. The first kappa shape index (κ1) is 13.5. The Labute approximate surface area is 126 Å². The first-order valence-electron chi connectivity index (χ1n) is 6.23. The van der Waals surface area contributed by atoms with Gasteiger partial charge in [-0.25, -0.2) is 4.39 Å². The lowest BCUT2D eigenvalue weighted by atomic mass is 10.1. The second-order valence-corrected chi connectivity index (χ2v) is 5.68. The molecule has 0 spiro atoms. The molecule has 0 amide bonds. The second-order valence-electron chi connectivity index (χ2n) is 4.83. The summed E-state index contributed by atoms with van der Waals surface area (Å²) in [5.41, 5.74) is 2.95. The van der Waals surface area contributed by atoms with E-state index in [9.17, 15) is 4.39 Å². The molecule has 1 aromatic heterocycles. The Kier molecular flexibility index (Phi) is 3.45. The van der Waals surface area contributed by atoms with Gasteiger partial charge in [0, 0.05) is 23.2 Å². The van der Waals surface area contributed by atoms with Crippen LogP contribution < -0.4 is 0 Å². The largest absolute Gasteiger partial charge is 0.343 e. The lowest BCUT2D eigenvalue weighted by molar-refractivity contribution is 0.623. The van der Waals surface area contributed by atoms with Gasteiger partial charge in [-0.2, -0.15) is 0 Å². The summed E-state index contributed by atoms with van der Waals surface area (Å²) in [6, 6.07) is 10.4. The number of fused-ring (bicyclic) bond motifs is 1. The summed E-state index contributed by atoms with van der Waals surface area (Å²) in [6.07, 6.45) is 1.94. The summed E-state index contributed by atoms with van der Waals surface area (Å²) >= 11 is 12.2. The maximum absolute atomic E-state index is 13.4. The van der Waals surface area contributed by atoms with Crippen molar-refractivity contribution in [1.29, 1.82) is 0 Å². The number of hydrogen-bond donors (Lipinski definition) is 0. The van der Waals surface area contributed by atoms with Crippen molar-refractivity contribution in [3.8, 4) is 0 Å². The Morgan fingerprint density at radius 3 is 2.70 bits per heavy atom. The molecule has 0 fully saturated rings. The maximum atomic E-state index is 13.4. The minimum Gasteiger partial charge on any atom is -0.343 e. The van der Waals surface area contributed by atoms with Gasteiger partial charge in [0.05, 0.1) is 10.5 Å². The third-order valence-electron chi connectivity index (χ3n) is 3.45. The normalized spacial score (nSPS) is 11.2. The van der Waals surface area contributed by atoms with Crippen molar-refractivity contribution in [3.05, 3.63) is 69.6 Å². The summed E-state index contributed by atoms with van der Waals surface area (Å²) in [4.78, 5) is 0. The van der Waals surface area contributed by atoms with Crippen LogP contribution in [0.5, 0.6) is 0 Å². The molecule has 0 unspecified atom stereocenters. The zero-order valence-electron chi connectivity index (χ0n) is 10.8. The SMILES string of the molecule is Cc1ccc(F)cc1Cn1ccc2c(Cl)cc(Cl)cc21. The zero-order chi connectivity index (χ0) is 14.3. The summed E-state index contributed by atoms with van der Waals surface area (Å²) in [5, 5.41) is 2.17. The molecule has 4 heteroatoms. The number of halogens is 3. The number of rotatable bonds is 2. The van der Waals surface area contributed by atoms with Crippen molar-refractivity contribution >= 4 is 34.1 Å². The number of hydrogen-bond acceptors (Lipinski definition) is 0. The Morgan fingerprint density at radius 2 is 1.90 bits per heavy atom. The Balaban J connectivity index is 2.09. The molecule has 0 aliphatic carbocycles. The van der Waals surface area contributed by atoms with Crippen LogP contribution in [0.3, 0.4) is 0 Å². The van der Waals surface area contributed by atoms with Crippen molar-refractivity contribution < 1.29 is 4.39 Å². The molecule has 20 heavy (non-hydrogen) atoms. The third kappa shape index (κ3) is 2.41. The highest BCUT2D eigenvalue weighted by Gasteiger charge is 2.08. The van der Waals surface area contributed by atoms with Crippen LogP contribution in [0.1, 0.15) is 11.1 Å². The van der Waals surface area contributed by atoms with E-state index in [0.717, 1.165) is 22.0 Å². The van der Waals surface area contributed by atoms with E-state index in [0.29, 0.717) is 16.6 Å². The predicted molar refractivity (Wildman–Crippen MR) is 82.2 cm³/mol. The molecule has 2 aromatic carbocycles. The van der Waals surface area contributed by atoms with E-state index in [4.69, 9.17) is 23.2 Å². The molecule has 0 N–H and O–H groups in total.